The van der Waals surface area contributed by atoms with Crippen LogP contribution in [0, 0.1) is 12.8 Å². The van der Waals surface area contributed by atoms with Crippen LogP contribution in [0.4, 0.5) is 10.5 Å². The molecule has 1 fully saturated rings. The van der Waals surface area contributed by atoms with Crippen molar-refractivity contribution in [3.63, 3.8) is 0 Å². The summed E-state index contributed by atoms with van der Waals surface area (Å²) in [6, 6.07) is 12.5. The third-order valence-corrected chi connectivity index (χ3v) is 12.1. The fraction of sp³-hybridized carbons (Fsp3) is 0.444. The summed E-state index contributed by atoms with van der Waals surface area (Å²) in [6.45, 7) is 10.9. The van der Waals surface area contributed by atoms with Crippen LogP contribution in [0.1, 0.15) is 74.3 Å². The summed E-state index contributed by atoms with van der Waals surface area (Å²) < 4.78 is 35.1. The predicted molar refractivity (Wildman–Crippen MR) is 211 cm³/mol. The normalized spacial score (nSPS) is 14.0. The molecule has 2 amide bonds. The van der Waals surface area contributed by atoms with E-state index in [9.17, 15) is 18.0 Å². The van der Waals surface area contributed by atoms with E-state index in [0.29, 0.717) is 75.9 Å². The average molecular weight is 808 g/mol. The molecule has 2 N–H and O–H groups in total. The lowest BCUT2D eigenvalue weighted by molar-refractivity contribution is 0.0499. The number of para-hydroxylation sites is 1. The number of nitrogens with zero attached hydrogens (tertiary/aromatic N) is 4. The Morgan fingerprint density at radius 3 is 2.46 bits per heavy atom. The van der Waals surface area contributed by atoms with Gasteiger partial charge in [-0.2, -0.15) is 9.78 Å². The van der Waals surface area contributed by atoms with Crippen LogP contribution in [0.15, 0.2) is 46.7 Å². The number of carbonyl (C=O) groups excluding carboxylic acids is 2. The molecule has 0 radical (unpaired) electrons. The Hall–Kier alpha value is -3.30. The van der Waals surface area contributed by atoms with Gasteiger partial charge in [-0.15, -0.1) is 11.8 Å². The van der Waals surface area contributed by atoms with E-state index in [1.54, 1.807) is 40.7 Å². The molecule has 5 rings (SSSR count). The SMILES string of the molecule is CCCSc1sc(-n2nc(C)c(Cc3ccccc3NS(C)(=O)=O)c2C(=O)N2CCC(CNC(=O)OC(C)(C)C)CC2)nc1-c1ccc(Cl)c(Cl)c1. The van der Waals surface area contributed by atoms with Crippen LogP contribution in [0.2, 0.25) is 10.0 Å². The number of hydrogen-bond donors (Lipinski definition) is 2. The number of carbonyl (C=O) groups is 2. The van der Waals surface area contributed by atoms with Gasteiger partial charge in [0.15, 0.2) is 0 Å². The number of ether oxygens (including phenoxy) is 1. The van der Waals surface area contributed by atoms with Crippen LogP contribution in [-0.2, 0) is 21.2 Å². The molecule has 4 aromatic rings. The number of likely N-dealkylation sites (tertiary alicyclic amines) is 1. The van der Waals surface area contributed by atoms with Gasteiger partial charge in [-0.1, -0.05) is 65.7 Å². The average Bonchev–Trinajstić information content (AvgIpc) is 3.64. The summed E-state index contributed by atoms with van der Waals surface area (Å²) in [7, 11) is -3.56. The molecule has 0 bridgehead atoms. The second-order valence-corrected chi connectivity index (χ2v) is 18.7. The van der Waals surface area contributed by atoms with E-state index in [2.05, 4.69) is 17.0 Å². The molecule has 0 unspecified atom stereocenters. The highest BCUT2D eigenvalue weighted by Crippen LogP contribution is 2.40. The second kappa shape index (κ2) is 16.8. The van der Waals surface area contributed by atoms with Crippen LogP contribution < -0.4 is 10.0 Å². The Kier molecular flexibility index (Phi) is 12.9. The molecule has 2 aromatic heterocycles. The zero-order chi connectivity index (χ0) is 37.8. The Balaban J connectivity index is 1.52. The number of sulfonamides is 1. The molecule has 0 saturated carbocycles. The summed E-state index contributed by atoms with van der Waals surface area (Å²) in [4.78, 5) is 33.8. The lowest BCUT2D eigenvalue weighted by atomic mass is 9.96. The van der Waals surface area contributed by atoms with Gasteiger partial charge in [0.2, 0.25) is 15.2 Å². The molecule has 1 saturated heterocycles. The zero-order valence-corrected chi connectivity index (χ0v) is 34.0. The van der Waals surface area contributed by atoms with E-state index in [4.69, 9.17) is 38.0 Å². The number of hydrogen-bond acceptors (Lipinski definition) is 9. The van der Waals surface area contributed by atoms with Crippen LogP contribution in [0.5, 0.6) is 0 Å². The summed E-state index contributed by atoms with van der Waals surface area (Å²) >= 11 is 15.8. The molecule has 0 aliphatic carbocycles. The first-order valence-electron chi connectivity index (χ1n) is 17.0. The van der Waals surface area contributed by atoms with Crippen molar-refractivity contribution in [3.8, 4) is 16.4 Å². The maximum absolute atomic E-state index is 14.7. The highest BCUT2D eigenvalue weighted by atomic mass is 35.5. The lowest BCUT2D eigenvalue weighted by Crippen LogP contribution is -2.43. The summed E-state index contributed by atoms with van der Waals surface area (Å²) in [5.41, 5.74) is 3.75. The number of anilines is 1. The molecular weight excluding hydrogens is 764 g/mol. The number of thiazole rings is 1. The standard InChI is InChI=1S/C36H44Cl2N6O5S3/c1-7-18-50-33-30(25-12-13-27(37)28(38)20-25)40-34(51-33)44-31(26(22(2)41-44)19-24-10-8-9-11-29(24)42-52(6,47)48)32(45)43-16-14-23(15-17-43)21-39-35(46)49-36(3,4)5/h8-13,20,23,42H,7,14-19,21H2,1-6H3,(H,39,46). The first kappa shape index (κ1) is 39.9. The van der Waals surface area contributed by atoms with Gasteiger partial charge in [0.1, 0.15) is 11.3 Å². The van der Waals surface area contributed by atoms with Crippen molar-refractivity contribution in [2.45, 2.75) is 70.1 Å². The minimum absolute atomic E-state index is 0.183. The van der Waals surface area contributed by atoms with Gasteiger partial charge < -0.3 is 15.0 Å². The number of alkyl carbamates (subject to hydrolysis) is 1. The van der Waals surface area contributed by atoms with E-state index in [-0.39, 0.29) is 18.2 Å². The number of piperidine rings is 1. The topological polar surface area (TPSA) is 136 Å². The van der Waals surface area contributed by atoms with Crippen molar-refractivity contribution < 1.29 is 22.7 Å². The first-order chi connectivity index (χ1) is 24.5. The molecule has 0 atom stereocenters. The molecule has 2 aromatic carbocycles. The highest BCUT2D eigenvalue weighted by Gasteiger charge is 2.32. The van der Waals surface area contributed by atoms with E-state index >= 15 is 0 Å². The number of amides is 2. The third-order valence-electron chi connectivity index (χ3n) is 8.30. The smallest absolute Gasteiger partial charge is 0.407 e. The van der Waals surface area contributed by atoms with Crippen molar-refractivity contribution >= 4 is 74.0 Å². The van der Waals surface area contributed by atoms with Crippen LogP contribution in [-0.4, -0.2) is 77.3 Å². The van der Waals surface area contributed by atoms with Crippen LogP contribution >= 0.6 is 46.3 Å². The molecule has 11 nitrogen and oxygen atoms in total. The number of aromatic nitrogens is 3. The fourth-order valence-electron chi connectivity index (χ4n) is 5.83. The van der Waals surface area contributed by atoms with E-state index in [1.165, 1.54) is 11.3 Å². The Morgan fingerprint density at radius 2 is 1.81 bits per heavy atom. The number of benzene rings is 2. The minimum Gasteiger partial charge on any atom is -0.444 e. The molecule has 1 aliphatic heterocycles. The monoisotopic (exact) mass is 806 g/mol. The lowest BCUT2D eigenvalue weighted by Gasteiger charge is -2.32. The van der Waals surface area contributed by atoms with Gasteiger partial charge in [-0.25, -0.2) is 18.2 Å². The van der Waals surface area contributed by atoms with E-state index < -0.39 is 21.7 Å². The summed E-state index contributed by atoms with van der Waals surface area (Å²) in [6.07, 6.45) is 3.25. The van der Waals surface area contributed by atoms with Gasteiger partial charge in [0, 0.05) is 37.2 Å². The van der Waals surface area contributed by atoms with Gasteiger partial charge >= 0.3 is 6.09 Å². The van der Waals surface area contributed by atoms with Gasteiger partial charge in [0.25, 0.3) is 5.91 Å². The molecule has 0 spiro atoms. The Labute approximate surface area is 323 Å². The summed E-state index contributed by atoms with van der Waals surface area (Å²) in [5, 5.41) is 9.16. The quantitative estimate of drug-likeness (QED) is 0.136. The molecule has 52 heavy (non-hydrogen) atoms. The Morgan fingerprint density at radius 1 is 1.10 bits per heavy atom. The van der Waals surface area contributed by atoms with Crippen molar-refractivity contribution in [3.05, 3.63) is 75.0 Å². The number of thioether (sulfide) groups is 1. The predicted octanol–water partition coefficient (Wildman–Crippen LogP) is 8.45. The molecule has 1 aliphatic rings. The maximum Gasteiger partial charge on any atom is 0.407 e. The summed E-state index contributed by atoms with van der Waals surface area (Å²) in [5.74, 6) is 0.853. The van der Waals surface area contributed by atoms with E-state index in [1.807, 2.05) is 50.8 Å². The molecule has 280 valence electrons. The van der Waals surface area contributed by atoms with Crippen molar-refractivity contribution in [2.24, 2.45) is 5.92 Å². The van der Waals surface area contributed by atoms with Crippen molar-refractivity contribution in [1.82, 2.24) is 25.0 Å². The number of rotatable bonds is 12. The molecule has 16 heteroatoms. The van der Waals surface area contributed by atoms with Crippen LogP contribution in [0.3, 0.4) is 0 Å². The van der Waals surface area contributed by atoms with Gasteiger partial charge in [-0.05, 0) is 82.4 Å². The minimum atomic E-state index is -3.56. The number of halogens is 2. The van der Waals surface area contributed by atoms with Gasteiger partial charge in [0.05, 0.1) is 37.6 Å². The van der Waals surface area contributed by atoms with Crippen LogP contribution in [0.25, 0.3) is 16.4 Å². The molecule has 3 heterocycles. The molecular formula is C36H44Cl2N6O5S3. The fourth-order valence-corrected chi connectivity index (χ4v) is 8.91. The van der Waals surface area contributed by atoms with Crippen molar-refractivity contribution in [1.29, 1.82) is 0 Å². The third kappa shape index (κ3) is 10.2. The van der Waals surface area contributed by atoms with Crippen molar-refractivity contribution in [2.75, 3.05) is 36.4 Å². The highest BCUT2D eigenvalue weighted by molar-refractivity contribution is 8.01. The van der Waals surface area contributed by atoms with E-state index in [0.717, 1.165) is 33.9 Å². The Bertz CT molecular complexity index is 2040. The number of nitrogens with one attached hydrogen (secondary N) is 2. The zero-order valence-electron chi connectivity index (χ0n) is 30.1. The van der Waals surface area contributed by atoms with Gasteiger partial charge in [-0.3, -0.25) is 9.52 Å². The number of aryl methyl sites for hydroxylation is 1. The first-order valence-corrected chi connectivity index (χ1v) is 21.5. The second-order valence-electron chi connectivity index (χ2n) is 13.8. The maximum atomic E-state index is 14.7. The largest absolute Gasteiger partial charge is 0.444 e.